The maximum atomic E-state index is 12.3. The Kier molecular flexibility index (Phi) is 5.45. The Bertz CT molecular complexity index is 707. The summed E-state index contributed by atoms with van der Waals surface area (Å²) in [6.07, 6.45) is 0. The summed E-state index contributed by atoms with van der Waals surface area (Å²) in [6, 6.07) is 5.10. The second kappa shape index (κ2) is 6.93. The van der Waals surface area contributed by atoms with Crippen LogP contribution in [-0.2, 0) is 23.1 Å². The molecule has 0 unspecified atom stereocenters. The molecule has 0 saturated carbocycles. The molecule has 0 atom stereocenters. The van der Waals surface area contributed by atoms with Crippen LogP contribution in [0.25, 0.3) is 0 Å². The molecule has 0 fully saturated rings. The van der Waals surface area contributed by atoms with Gasteiger partial charge in [0.25, 0.3) is 0 Å². The molecule has 0 bridgehead atoms. The number of furan rings is 1. The zero-order valence-corrected chi connectivity index (χ0v) is 14.2. The average molecular weight is 349 g/mol. The minimum Gasteiger partial charge on any atom is -0.464 e. The molecule has 0 spiro atoms. The highest BCUT2D eigenvalue weighted by atomic mass is 35.5. The van der Waals surface area contributed by atoms with E-state index in [1.54, 1.807) is 25.1 Å². The summed E-state index contributed by atoms with van der Waals surface area (Å²) in [5.74, 6) is 0.994. The van der Waals surface area contributed by atoms with Gasteiger partial charge in [-0.05, 0) is 25.6 Å². The van der Waals surface area contributed by atoms with Gasteiger partial charge in [0.15, 0.2) is 0 Å². The van der Waals surface area contributed by atoms with Crippen molar-refractivity contribution in [1.29, 1.82) is 0 Å². The zero-order chi connectivity index (χ0) is 15.5. The third kappa shape index (κ3) is 4.31. The predicted octanol–water partition coefficient (Wildman–Crippen LogP) is 2.89. The minimum atomic E-state index is -3.59. The van der Waals surface area contributed by atoms with Crippen LogP contribution in [0.5, 0.6) is 0 Å². The quantitative estimate of drug-likeness (QED) is 0.807. The van der Waals surface area contributed by atoms with E-state index in [2.05, 4.69) is 10.0 Å². The maximum absolute atomic E-state index is 12.3. The normalized spacial score (nSPS) is 12.0. The van der Waals surface area contributed by atoms with Crippen molar-refractivity contribution in [2.45, 2.75) is 31.8 Å². The highest BCUT2D eigenvalue weighted by Gasteiger charge is 2.21. The Morgan fingerprint density at radius 3 is 2.71 bits per heavy atom. The lowest BCUT2D eigenvalue weighted by Gasteiger charge is -2.03. The van der Waals surface area contributed by atoms with Crippen molar-refractivity contribution in [3.05, 3.63) is 38.9 Å². The van der Waals surface area contributed by atoms with E-state index in [4.69, 9.17) is 16.0 Å². The standard InChI is InChI=1S/C13H17ClN2O3S2/c1-3-15-7-10-6-12(9(2)19-10)21(17,18)16-8-11-4-5-13(14)20-11/h4-6,15-16H,3,7-8H2,1-2H3. The van der Waals surface area contributed by atoms with Crippen molar-refractivity contribution >= 4 is 33.0 Å². The van der Waals surface area contributed by atoms with E-state index in [9.17, 15) is 8.42 Å². The highest BCUT2D eigenvalue weighted by molar-refractivity contribution is 7.89. The van der Waals surface area contributed by atoms with Crippen LogP contribution in [0, 0.1) is 6.92 Å². The molecular formula is C13H17ClN2O3S2. The van der Waals surface area contributed by atoms with E-state index in [0.717, 1.165) is 11.4 Å². The topological polar surface area (TPSA) is 71.3 Å². The molecule has 0 aliphatic carbocycles. The first kappa shape index (κ1) is 16.5. The van der Waals surface area contributed by atoms with Gasteiger partial charge in [-0.25, -0.2) is 13.1 Å². The van der Waals surface area contributed by atoms with Crippen molar-refractivity contribution in [2.24, 2.45) is 0 Å². The highest BCUT2D eigenvalue weighted by Crippen LogP contribution is 2.23. The van der Waals surface area contributed by atoms with Crippen molar-refractivity contribution < 1.29 is 12.8 Å². The van der Waals surface area contributed by atoms with Gasteiger partial charge in [0.2, 0.25) is 10.0 Å². The SMILES string of the molecule is CCNCc1cc(S(=O)(=O)NCc2ccc(Cl)s2)c(C)o1. The van der Waals surface area contributed by atoms with Gasteiger partial charge in [-0.3, -0.25) is 0 Å². The summed E-state index contributed by atoms with van der Waals surface area (Å²) in [4.78, 5) is 1.04. The van der Waals surface area contributed by atoms with E-state index in [-0.39, 0.29) is 11.4 Å². The second-order valence-corrected chi connectivity index (χ2v) is 7.98. The van der Waals surface area contributed by atoms with Crippen LogP contribution in [0.3, 0.4) is 0 Å². The molecule has 2 heterocycles. The summed E-state index contributed by atoms with van der Waals surface area (Å²) in [5, 5.41) is 3.10. The molecular weight excluding hydrogens is 332 g/mol. The van der Waals surface area contributed by atoms with Gasteiger partial charge in [0.05, 0.1) is 10.9 Å². The molecule has 5 nitrogen and oxygen atoms in total. The number of hydrogen-bond acceptors (Lipinski definition) is 5. The number of aryl methyl sites for hydroxylation is 1. The van der Waals surface area contributed by atoms with Crippen LogP contribution in [0.2, 0.25) is 4.34 Å². The molecule has 2 aromatic rings. The lowest BCUT2D eigenvalue weighted by atomic mass is 10.4. The van der Waals surface area contributed by atoms with Gasteiger partial charge >= 0.3 is 0 Å². The van der Waals surface area contributed by atoms with Gasteiger partial charge in [-0.1, -0.05) is 18.5 Å². The Labute approximate surface area is 133 Å². The van der Waals surface area contributed by atoms with Crippen LogP contribution in [0.1, 0.15) is 23.3 Å². The Hall–Kier alpha value is -0.860. The smallest absolute Gasteiger partial charge is 0.244 e. The molecule has 0 aliphatic heterocycles. The van der Waals surface area contributed by atoms with Crippen molar-refractivity contribution in [3.63, 3.8) is 0 Å². The molecule has 2 aromatic heterocycles. The van der Waals surface area contributed by atoms with Crippen LogP contribution in [0.15, 0.2) is 27.5 Å². The molecule has 2 N–H and O–H groups in total. The first-order valence-corrected chi connectivity index (χ1v) is 9.14. The first-order chi connectivity index (χ1) is 9.92. The molecule has 0 saturated heterocycles. The summed E-state index contributed by atoms with van der Waals surface area (Å²) in [6.45, 7) is 5.13. The molecule has 0 amide bonds. The fourth-order valence-electron chi connectivity index (χ4n) is 1.82. The van der Waals surface area contributed by atoms with Crippen LogP contribution in [0.4, 0.5) is 0 Å². The number of thiophene rings is 1. The van der Waals surface area contributed by atoms with E-state index in [1.165, 1.54) is 11.3 Å². The summed E-state index contributed by atoms with van der Waals surface area (Å²) < 4.78 is 33.3. The number of hydrogen-bond donors (Lipinski definition) is 2. The third-order valence-corrected chi connectivity index (χ3v) is 5.57. The van der Waals surface area contributed by atoms with Crippen LogP contribution < -0.4 is 10.0 Å². The summed E-state index contributed by atoms with van der Waals surface area (Å²) in [7, 11) is -3.59. The average Bonchev–Trinajstić information content (AvgIpc) is 3.00. The maximum Gasteiger partial charge on any atom is 0.244 e. The number of halogens is 1. The Morgan fingerprint density at radius 1 is 1.33 bits per heavy atom. The van der Waals surface area contributed by atoms with Crippen LogP contribution >= 0.6 is 22.9 Å². The van der Waals surface area contributed by atoms with Gasteiger partial charge in [-0.15, -0.1) is 11.3 Å². The zero-order valence-electron chi connectivity index (χ0n) is 11.8. The third-order valence-electron chi connectivity index (χ3n) is 2.83. The van der Waals surface area contributed by atoms with E-state index in [0.29, 0.717) is 22.4 Å². The second-order valence-electron chi connectivity index (χ2n) is 4.44. The first-order valence-electron chi connectivity index (χ1n) is 6.46. The van der Waals surface area contributed by atoms with Crippen LogP contribution in [-0.4, -0.2) is 15.0 Å². The Balaban J connectivity index is 2.09. The largest absolute Gasteiger partial charge is 0.464 e. The molecule has 0 aromatic carbocycles. The van der Waals surface area contributed by atoms with Crippen molar-refractivity contribution in [1.82, 2.24) is 10.0 Å². The molecule has 0 aliphatic rings. The molecule has 0 radical (unpaired) electrons. The van der Waals surface area contributed by atoms with Gasteiger partial charge < -0.3 is 9.73 Å². The molecule has 116 valence electrons. The van der Waals surface area contributed by atoms with Gasteiger partial charge in [-0.2, -0.15) is 0 Å². The van der Waals surface area contributed by atoms with Gasteiger partial charge in [0, 0.05) is 17.5 Å². The summed E-state index contributed by atoms with van der Waals surface area (Å²) >= 11 is 7.17. The monoisotopic (exact) mass is 348 g/mol. The van der Waals surface area contributed by atoms with Crippen molar-refractivity contribution in [2.75, 3.05) is 6.54 Å². The number of rotatable bonds is 7. The molecule has 2 rings (SSSR count). The predicted molar refractivity (Wildman–Crippen MR) is 84.2 cm³/mol. The van der Waals surface area contributed by atoms with E-state index in [1.807, 2.05) is 6.92 Å². The Morgan fingerprint density at radius 2 is 2.10 bits per heavy atom. The summed E-state index contributed by atoms with van der Waals surface area (Å²) in [5.41, 5.74) is 0. The van der Waals surface area contributed by atoms with E-state index >= 15 is 0 Å². The minimum absolute atomic E-state index is 0.179. The van der Waals surface area contributed by atoms with E-state index < -0.39 is 10.0 Å². The lowest BCUT2D eigenvalue weighted by molar-refractivity contribution is 0.460. The fraction of sp³-hybridized carbons (Fsp3) is 0.385. The van der Waals surface area contributed by atoms with Crippen molar-refractivity contribution in [3.8, 4) is 0 Å². The molecule has 21 heavy (non-hydrogen) atoms. The molecule has 8 heteroatoms. The lowest BCUT2D eigenvalue weighted by Crippen LogP contribution is -2.23. The number of sulfonamides is 1. The van der Waals surface area contributed by atoms with Gasteiger partial charge in [0.1, 0.15) is 16.4 Å². The fourth-order valence-corrected chi connectivity index (χ4v) is 4.14. The number of nitrogens with one attached hydrogen (secondary N) is 2.